The zero-order chi connectivity index (χ0) is 14.7. The fourth-order valence-electron chi connectivity index (χ4n) is 3.24. The monoisotopic (exact) mass is 285 g/mol. The van der Waals surface area contributed by atoms with Gasteiger partial charge in [0.15, 0.2) is 5.82 Å². The van der Waals surface area contributed by atoms with Gasteiger partial charge in [-0.05, 0) is 37.9 Å². The maximum Gasteiger partial charge on any atom is 0.231 e. The third-order valence-corrected chi connectivity index (χ3v) is 4.55. The third-order valence-electron chi connectivity index (χ3n) is 4.55. The van der Waals surface area contributed by atoms with Gasteiger partial charge in [0.1, 0.15) is 0 Å². The van der Waals surface area contributed by atoms with Crippen LogP contribution in [0.25, 0.3) is 0 Å². The molecule has 112 valence electrons. The molecule has 1 fully saturated rings. The van der Waals surface area contributed by atoms with Crippen molar-refractivity contribution in [2.45, 2.75) is 51.0 Å². The molecule has 0 amide bonds. The molecular formula is C17H23N3O. The van der Waals surface area contributed by atoms with E-state index in [9.17, 15) is 0 Å². The first-order valence-corrected chi connectivity index (χ1v) is 7.82. The van der Waals surface area contributed by atoms with Gasteiger partial charge in [-0.15, -0.1) is 0 Å². The van der Waals surface area contributed by atoms with Gasteiger partial charge in [0.25, 0.3) is 0 Å². The zero-order valence-electron chi connectivity index (χ0n) is 12.8. The van der Waals surface area contributed by atoms with Crippen LogP contribution in [0.1, 0.15) is 54.4 Å². The Morgan fingerprint density at radius 1 is 1.24 bits per heavy atom. The lowest BCUT2D eigenvalue weighted by atomic mass is 9.84. The first-order chi connectivity index (χ1) is 10.3. The van der Waals surface area contributed by atoms with Crippen LogP contribution in [0.4, 0.5) is 0 Å². The first-order valence-electron chi connectivity index (χ1n) is 7.82. The average molecular weight is 285 g/mol. The second-order valence-electron chi connectivity index (χ2n) is 5.94. The summed E-state index contributed by atoms with van der Waals surface area (Å²) in [7, 11) is 2.02. The minimum Gasteiger partial charge on any atom is -0.339 e. The molecular weight excluding hydrogens is 262 g/mol. The standard InChI is InChI=1S/C17H23N3O/c1-12-7-3-4-8-13(12)11-16-19-17(21-20-16)14-9-5-6-10-15(14)18-2/h3-4,7-8,14-15,18H,5-6,9-11H2,1-2H3. The summed E-state index contributed by atoms with van der Waals surface area (Å²) in [5, 5.41) is 7.58. The van der Waals surface area contributed by atoms with Crippen LogP contribution in [0.3, 0.4) is 0 Å². The van der Waals surface area contributed by atoms with Gasteiger partial charge in [-0.2, -0.15) is 4.98 Å². The topological polar surface area (TPSA) is 51.0 Å². The molecule has 0 spiro atoms. The normalized spacial score (nSPS) is 22.4. The van der Waals surface area contributed by atoms with Crippen LogP contribution >= 0.6 is 0 Å². The van der Waals surface area contributed by atoms with Crippen molar-refractivity contribution in [3.05, 3.63) is 47.1 Å². The van der Waals surface area contributed by atoms with Gasteiger partial charge in [-0.1, -0.05) is 42.3 Å². The van der Waals surface area contributed by atoms with E-state index >= 15 is 0 Å². The number of aromatic nitrogens is 2. The molecule has 1 saturated carbocycles. The summed E-state index contributed by atoms with van der Waals surface area (Å²) >= 11 is 0. The number of hydrogen-bond acceptors (Lipinski definition) is 4. The SMILES string of the molecule is CNC1CCCCC1c1nc(Cc2ccccc2C)no1. The number of hydrogen-bond donors (Lipinski definition) is 1. The molecule has 0 saturated heterocycles. The largest absolute Gasteiger partial charge is 0.339 e. The quantitative estimate of drug-likeness (QED) is 0.937. The number of benzene rings is 1. The molecule has 1 aromatic heterocycles. The summed E-state index contributed by atoms with van der Waals surface area (Å²) in [5.41, 5.74) is 2.54. The smallest absolute Gasteiger partial charge is 0.231 e. The summed E-state index contributed by atoms with van der Waals surface area (Å²) in [4.78, 5) is 4.65. The van der Waals surface area contributed by atoms with E-state index < -0.39 is 0 Å². The molecule has 0 bridgehead atoms. The molecule has 1 aromatic carbocycles. The van der Waals surface area contributed by atoms with Crippen molar-refractivity contribution >= 4 is 0 Å². The van der Waals surface area contributed by atoms with E-state index in [-0.39, 0.29) is 0 Å². The highest BCUT2D eigenvalue weighted by Gasteiger charge is 2.29. The summed E-state index contributed by atoms with van der Waals surface area (Å²) in [6.07, 6.45) is 5.60. The molecule has 2 atom stereocenters. The van der Waals surface area contributed by atoms with Gasteiger partial charge in [-0.25, -0.2) is 0 Å². The average Bonchev–Trinajstić information content (AvgIpc) is 2.98. The highest BCUT2D eigenvalue weighted by molar-refractivity contribution is 5.28. The van der Waals surface area contributed by atoms with Crippen molar-refractivity contribution in [3.63, 3.8) is 0 Å². The molecule has 1 aliphatic rings. The highest BCUT2D eigenvalue weighted by Crippen LogP contribution is 2.32. The Morgan fingerprint density at radius 2 is 2.05 bits per heavy atom. The van der Waals surface area contributed by atoms with Crippen molar-refractivity contribution in [2.75, 3.05) is 7.05 Å². The lowest BCUT2D eigenvalue weighted by Crippen LogP contribution is -2.34. The van der Waals surface area contributed by atoms with Crippen LogP contribution in [-0.2, 0) is 6.42 Å². The summed E-state index contributed by atoms with van der Waals surface area (Å²) in [6.45, 7) is 2.12. The molecule has 1 N–H and O–H groups in total. The van der Waals surface area contributed by atoms with E-state index in [1.807, 2.05) is 7.05 Å². The van der Waals surface area contributed by atoms with Crippen molar-refractivity contribution in [1.82, 2.24) is 15.5 Å². The molecule has 2 unspecified atom stereocenters. The second kappa shape index (κ2) is 6.39. The minimum atomic E-state index is 0.363. The fourth-order valence-corrected chi connectivity index (χ4v) is 3.24. The van der Waals surface area contributed by atoms with Crippen molar-refractivity contribution in [3.8, 4) is 0 Å². The zero-order valence-corrected chi connectivity index (χ0v) is 12.8. The summed E-state index contributed by atoms with van der Waals surface area (Å²) < 4.78 is 5.55. The lowest BCUT2D eigenvalue weighted by molar-refractivity contribution is 0.269. The predicted molar refractivity (Wildman–Crippen MR) is 82.3 cm³/mol. The lowest BCUT2D eigenvalue weighted by Gasteiger charge is -2.28. The summed E-state index contributed by atoms with van der Waals surface area (Å²) in [6, 6.07) is 8.82. The number of nitrogens with one attached hydrogen (secondary N) is 1. The van der Waals surface area contributed by atoms with Crippen molar-refractivity contribution in [1.29, 1.82) is 0 Å². The number of aryl methyl sites for hydroxylation is 1. The van der Waals surface area contributed by atoms with Gasteiger partial charge in [0.2, 0.25) is 5.89 Å². The number of nitrogens with zero attached hydrogens (tertiary/aromatic N) is 2. The molecule has 21 heavy (non-hydrogen) atoms. The highest BCUT2D eigenvalue weighted by atomic mass is 16.5. The van der Waals surface area contributed by atoms with Gasteiger partial charge in [0.05, 0.1) is 5.92 Å². The van der Waals surface area contributed by atoms with Crippen molar-refractivity contribution < 1.29 is 4.52 Å². The Kier molecular flexibility index (Phi) is 4.34. The van der Waals surface area contributed by atoms with E-state index in [0.717, 1.165) is 24.6 Å². The molecule has 4 nitrogen and oxygen atoms in total. The van der Waals surface area contributed by atoms with Gasteiger partial charge in [0, 0.05) is 12.5 Å². The Balaban J connectivity index is 1.75. The van der Waals surface area contributed by atoms with Crippen molar-refractivity contribution in [2.24, 2.45) is 0 Å². The molecule has 0 aliphatic heterocycles. The van der Waals surface area contributed by atoms with Crippen LogP contribution in [0.15, 0.2) is 28.8 Å². The molecule has 0 radical (unpaired) electrons. The predicted octanol–water partition coefficient (Wildman–Crippen LogP) is 3.21. The van der Waals surface area contributed by atoms with E-state index in [0.29, 0.717) is 12.0 Å². The van der Waals surface area contributed by atoms with Gasteiger partial charge in [-0.3, -0.25) is 0 Å². The van der Waals surface area contributed by atoms with Gasteiger partial charge < -0.3 is 9.84 Å². The van der Waals surface area contributed by atoms with E-state index in [2.05, 4.69) is 46.6 Å². The number of rotatable bonds is 4. The molecule has 1 heterocycles. The van der Waals surface area contributed by atoms with E-state index in [4.69, 9.17) is 4.52 Å². The second-order valence-corrected chi connectivity index (χ2v) is 5.94. The Morgan fingerprint density at radius 3 is 2.86 bits per heavy atom. The first kappa shape index (κ1) is 14.3. The maximum atomic E-state index is 5.55. The van der Waals surface area contributed by atoms with Crippen LogP contribution in [0, 0.1) is 6.92 Å². The molecule has 2 aromatic rings. The Bertz CT molecular complexity index is 593. The number of likely N-dealkylation sites (N-methyl/N-ethyl adjacent to an activating group) is 1. The minimum absolute atomic E-state index is 0.363. The maximum absolute atomic E-state index is 5.55. The van der Waals surface area contributed by atoms with Gasteiger partial charge >= 0.3 is 0 Å². The molecule has 4 heteroatoms. The third kappa shape index (κ3) is 3.16. The van der Waals surface area contributed by atoms with Crippen LogP contribution < -0.4 is 5.32 Å². The van der Waals surface area contributed by atoms with Crippen LogP contribution in [-0.4, -0.2) is 23.2 Å². The summed E-state index contributed by atoms with van der Waals surface area (Å²) in [5.74, 6) is 1.96. The fraction of sp³-hybridized carbons (Fsp3) is 0.529. The van der Waals surface area contributed by atoms with E-state index in [1.165, 1.54) is 30.4 Å². The molecule has 3 rings (SSSR count). The van der Waals surface area contributed by atoms with E-state index in [1.54, 1.807) is 0 Å². The Hall–Kier alpha value is -1.68. The molecule has 1 aliphatic carbocycles. The van der Waals surface area contributed by atoms with Crippen LogP contribution in [0.5, 0.6) is 0 Å². The van der Waals surface area contributed by atoms with Crippen LogP contribution in [0.2, 0.25) is 0 Å². The Labute approximate surface area is 126 Å².